The molecule has 5 atom stereocenters. The van der Waals surface area contributed by atoms with Gasteiger partial charge >= 0.3 is 11.9 Å². The molecule has 114 valence electrons. The standard InChI is InChI=1S/C14H16O7/c15-13(19-5-7-3-17-7)9-1-11-12(21-11)2-10(9)14(16)20-6-8-4-18-8/h1,7-10,12H,2-6H2. The molecule has 3 aliphatic heterocycles. The molecule has 0 aromatic rings. The summed E-state index contributed by atoms with van der Waals surface area (Å²) >= 11 is 0. The molecule has 3 fully saturated rings. The fourth-order valence-corrected chi connectivity index (χ4v) is 2.47. The van der Waals surface area contributed by atoms with Gasteiger partial charge in [0.25, 0.3) is 0 Å². The zero-order chi connectivity index (χ0) is 14.4. The van der Waals surface area contributed by atoms with Crippen LogP contribution in [0.15, 0.2) is 11.8 Å². The van der Waals surface area contributed by atoms with Crippen molar-refractivity contribution in [2.45, 2.75) is 24.7 Å². The first-order valence-electron chi connectivity index (χ1n) is 7.15. The Bertz CT molecular complexity index is 492. The number of hydrogen-bond donors (Lipinski definition) is 0. The highest BCUT2D eigenvalue weighted by Crippen LogP contribution is 2.42. The molecular formula is C14H16O7. The third kappa shape index (κ3) is 3.03. The first-order chi connectivity index (χ1) is 10.2. The highest BCUT2D eigenvalue weighted by molar-refractivity contribution is 5.84. The Morgan fingerprint density at radius 2 is 1.71 bits per heavy atom. The average molecular weight is 296 g/mol. The number of fused-ring (bicyclic) bond motifs is 1. The highest BCUT2D eigenvalue weighted by atomic mass is 16.6. The van der Waals surface area contributed by atoms with E-state index in [4.69, 9.17) is 23.7 Å². The third-order valence-corrected chi connectivity index (χ3v) is 3.99. The molecule has 5 unspecified atom stereocenters. The van der Waals surface area contributed by atoms with Crippen LogP contribution in [-0.4, -0.2) is 56.7 Å². The average Bonchev–Trinajstić information content (AvgIpc) is 3.37. The summed E-state index contributed by atoms with van der Waals surface area (Å²) in [5.74, 6) is -1.22. The van der Waals surface area contributed by atoms with Gasteiger partial charge in [-0.05, 0) is 6.08 Å². The summed E-state index contributed by atoms with van der Waals surface area (Å²) in [6.45, 7) is 1.73. The zero-order valence-corrected chi connectivity index (χ0v) is 11.4. The van der Waals surface area contributed by atoms with E-state index >= 15 is 0 Å². The van der Waals surface area contributed by atoms with Crippen LogP contribution in [0.1, 0.15) is 6.42 Å². The van der Waals surface area contributed by atoms with Crippen LogP contribution < -0.4 is 0 Å². The first kappa shape index (κ1) is 13.1. The van der Waals surface area contributed by atoms with Gasteiger partial charge in [0.15, 0.2) is 6.10 Å². The van der Waals surface area contributed by atoms with E-state index in [-0.39, 0.29) is 37.5 Å². The predicted octanol–water partition coefficient (Wildman–Crippen LogP) is -0.211. The smallest absolute Gasteiger partial charge is 0.313 e. The lowest BCUT2D eigenvalue weighted by molar-refractivity contribution is -0.160. The van der Waals surface area contributed by atoms with Gasteiger partial charge in [0, 0.05) is 6.42 Å². The van der Waals surface area contributed by atoms with Crippen molar-refractivity contribution in [2.75, 3.05) is 26.4 Å². The summed E-state index contributed by atoms with van der Waals surface area (Å²) in [4.78, 5) is 24.3. The maximum atomic E-state index is 12.2. The molecule has 0 radical (unpaired) electrons. The third-order valence-electron chi connectivity index (χ3n) is 3.99. The van der Waals surface area contributed by atoms with Crippen molar-refractivity contribution in [3.05, 3.63) is 11.8 Å². The number of rotatable bonds is 6. The minimum Gasteiger partial charge on any atom is -0.483 e. The van der Waals surface area contributed by atoms with Gasteiger partial charge < -0.3 is 23.7 Å². The van der Waals surface area contributed by atoms with E-state index in [1.54, 1.807) is 6.08 Å². The summed E-state index contributed by atoms with van der Waals surface area (Å²) in [6.07, 6.45) is 2.13. The zero-order valence-electron chi connectivity index (χ0n) is 11.4. The predicted molar refractivity (Wildman–Crippen MR) is 66.0 cm³/mol. The number of epoxide rings is 3. The summed E-state index contributed by atoms with van der Waals surface area (Å²) < 4.78 is 25.7. The van der Waals surface area contributed by atoms with Gasteiger partial charge in [0.1, 0.15) is 31.2 Å². The number of esters is 2. The van der Waals surface area contributed by atoms with Crippen LogP contribution in [0.2, 0.25) is 0 Å². The van der Waals surface area contributed by atoms with E-state index < -0.39 is 17.8 Å². The molecule has 4 rings (SSSR count). The lowest BCUT2D eigenvalue weighted by atomic mass is 9.84. The fourth-order valence-electron chi connectivity index (χ4n) is 2.47. The van der Waals surface area contributed by atoms with Crippen LogP contribution in [-0.2, 0) is 33.3 Å². The molecule has 7 nitrogen and oxygen atoms in total. The van der Waals surface area contributed by atoms with Crippen LogP contribution >= 0.6 is 0 Å². The molecule has 0 bridgehead atoms. The topological polar surface area (TPSA) is 90.2 Å². The monoisotopic (exact) mass is 296 g/mol. The van der Waals surface area contributed by atoms with Crippen molar-refractivity contribution in [3.8, 4) is 0 Å². The van der Waals surface area contributed by atoms with Gasteiger partial charge in [0.2, 0.25) is 0 Å². The molecule has 1 aliphatic carbocycles. The number of hydrogen-bond acceptors (Lipinski definition) is 7. The van der Waals surface area contributed by atoms with Crippen molar-refractivity contribution in [2.24, 2.45) is 11.8 Å². The highest BCUT2D eigenvalue weighted by Gasteiger charge is 2.49. The fraction of sp³-hybridized carbons (Fsp3) is 0.714. The van der Waals surface area contributed by atoms with Gasteiger partial charge in [-0.2, -0.15) is 0 Å². The van der Waals surface area contributed by atoms with Crippen molar-refractivity contribution in [3.63, 3.8) is 0 Å². The van der Waals surface area contributed by atoms with Crippen molar-refractivity contribution in [1.29, 1.82) is 0 Å². The lowest BCUT2D eigenvalue weighted by Gasteiger charge is -2.22. The van der Waals surface area contributed by atoms with Gasteiger partial charge in [0.05, 0.1) is 25.0 Å². The number of carbonyl (C=O) groups excluding carboxylic acids is 2. The normalized spacial score (nSPS) is 38.5. The first-order valence-corrected chi connectivity index (χ1v) is 7.15. The van der Waals surface area contributed by atoms with E-state index in [9.17, 15) is 9.59 Å². The van der Waals surface area contributed by atoms with Crippen molar-refractivity contribution in [1.82, 2.24) is 0 Å². The molecule has 3 heterocycles. The van der Waals surface area contributed by atoms with Gasteiger partial charge in [-0.25, -0.2) is 0 Å². The van der Waals surface area contributed by atoms with Gasteiger partial charge in [-0.15, -0.1) is 0 Å². The second kappa shape index (κ2) is 4.99. The summed E-state index contributed by atoms with van der Waals surface area (Å²) in [5.41, 5.74) is 0. The number of ether oxygens (including phenoxy) is 5. The van der Waals surface area contributed by atoms with Crippen LogP contribution in [0.25, 0.3) is 0 Å². The molecule has 0 amide bonds. The lowest BCUT2D eigenvalue weighted by Crippen LogP contribution is -2.35. The molecule has 0 aromatic heterocycles. The van der Waals surface area contributed by atoms with Crippen LogP contribution in [0.5, 0.6) is 0 Å². The molecule has 4 aliphatic rings. The summed E-state index contributed by atoms with van der Waals surface area (Å²) in [6, 6.07) is 0. The molecule has 0 spiro atoms. The number of carbonyl (C=O) groups is 2. The molecule has 0 saturated carbocycles. The minimum absolute atomic E-state index is 0.00698. The largest absolute Gasteiger partial charge is 0.483 e. The Labute approximate surface area is 121 Å². The molecule has 7 heteroatoms. The van der Waals surface area contributed by atoms with Crippen LogP contribution in [0, 0.1) is 11.8 Å². The summed E-state index contributed by atoms with van der Waals surface area (Å²) in [7, 11) is 0. The van der Waals surface area contributed by atoms with E-state index in [1.807, 2.05) is 0 Å². The Morgan fingerprint density at radius 3 is 2.33 bits per heavy atom. The quantitative estimate of drug-likeness (QED) is 0.495. The van der Waals surface area contributed by atoms with E-state index in [1.165, 1.54) is 0 Å². The van der Waals surface area contributed by atoms with Crippen molar-refractivity contribution < 1.29 is 33.3 Å². The molecule has 3 saturated heterocycles. The SMILES string of the molecule is O=C(OCC1CO1)C1C=C2OC2CC1C(=O)OCC1CO1. The maximum Gasteiger partial charge on any atom is 0.313 e. The second-order valence-electron chi connectivity index (χ2n) is 5.71. The van der Waals surface area contributed by atoms with Gasteiger partial charge in [-0.1, -0.05) is 0 Å². The summed E-state index contributed by atoms with van der Waals surface area (Å²) in [5, 5.41) is 0. The Hall–Kier alpha value is -1.60. The van der Waals surface area contributed by atoms with Crippen LogP contribution in [0.3, 0.4) is 0 Å². The Morgan fingerprint density at radius 1 is 1.10 bits per heavy atom. The minimum atomic E-state index is -0.634. The van der Waals surface area contributed by atoms with Gasteiger partial charge in [-0.3, -0.25) is 9.59 Å². The Kier molecular flexibility index (Phi) is 3.11. The maximum absolute atomic E-state index is 12.2. The molecule has 21 heavy (non-hydrogen) atoms. The molecular weight excluding hydrogens is 280 g/mol. The molecule has 0 aromatic carbocycles. The molecule has 0 N–H and O–H groups in total. The Balaban J connectivity index is 1.38. The van der Waals surface area contributed by atoms with Crippen LogP contribution in [0.4, 0.5) is 0 Å². The van der Waals surface area contributed by atoms with Crippen molar-refractivity contribution >= 4 is 11.9 Å². The van der Waals surface area contributed by atoms with E-state index in [2.05, 4.69) is 0 Å². The van der Waals surface area contributed by atoms with E-state index in [0.29, 0.717) is 19.6 Å². The second-order valence-corrected chi connectivity index (χ2v) is 5.71. The van der Waals surface area contributed by atoms with E-state index in [0.717, 1.165) is 5.76 Å².